The highest BCUT2D eigenvalue weighted by Gasteiger charge is 1.99. The summed E-state index contributed by atoms with van der Waals surface area (Å²) in [5, 5.41) is 6.65. The molecule has 2 aromatic carbocycles. The van der Waals surface area contributed by atoms with E-state index in [1.807, 2.05) is 0 Å². The molecule has 2 aromatic rings. The Balaban J connectivity index is 1.83. The fourth-order valence-corrected chi connectivity index (χ4v) is 2.00. The topological polar surface area (TPSA) is 36.4 Å². The third-order valence-electron chi connectivity index (χ3n) is 3.38. The van der Waals surface area contributed by atoms with Gasteiger partial charge in [0.2, 0.25) is 0 Å². The minimum atomic E-state index is 0.772. The smallest absolute Gasteiger partial charge is 0.191 e. The van der Waals surface area contributed by atoms with Gasteiger partial charge in [0.1, 0.15) is 0 Å². The zero-order valence-corrected chi connectivity index (χ0v) is 13.0. The number of nitrogens with zero attached hydrogens (tertiary/aromatic N) is 1. The van der Waals surface area contributed by atoms with Crippen LogP contribution in [0.5, 0.6) is 0 Å². The summed E-state index contributed by atoms with van der Waals surface area (Å²) in [5.74, 6) is 0.816. The molecule has 0 heterocycles. The molecule has 21 heavy (non-hydrogen) atoms. The van der Waals surface area contributed by atoms with E-state index >= 15 is 0 Å². The second-order valence-corrected chi connectivity index (χ2v) is 5.25. The molecule has 110 valence electrons. The molecule has 0 saturated carbocycles. The lowest BCUT2D eigenvalue weighted by molar-refractivity contribution is 0.809. The summed E-state index contributed by atoms with van der Waals surface area (Å²) >= 11 is 0. The van der Waals surface area contributed by atoms with E-state index in [2.05, 4.69) is 78.0 Å². The van der Waals surface area contributed by atoms with E-state index in [4.69, 9.17) is 0 Å². The van der Waals surface area contributed by atoms with Gasteiger partial charge in [-0.2, -0.15) is 0 Å². The van der Waals surface area contributed by atoms with Gasteiger partial charge in [0.25, 0.3) is 0 Å². The predicted molar refractivity (Wildman–Crippen MR) is 89.4 cm³/mol. The molecule has 0 amide bonds. The quantitative estimate of drug-likeness (QED) is 0.667. The molecule has 0 unspecified atom stereocenters. The second kappa shape index (κ2) is 7.48. The number of aliphatic imine (C=N–C) groups is 1. The Bertz CT molecular complexity index is 531. The van der Waals surface area contributed by atoms with Crippen LogP contribution < -0.4 is 10.6 Å². The Hall–Kier alpha value is -2.29. The van der Waals surface area contributed by atoms with E-state index in [0.717, 1.165) is 19.0 Å². The normalized spacial score (nSPS) is 10.0. The minimum Gasteiger partial charge on any atom is -0.352 e. The summed E-state index contributed by atoms with van der Waals surface area (Å²) in [6, 6.07) is 17.0. The fraction of sp³-hybridized carbons (Fsp3) is 0.278. The molecule has 0 saturated heterocycles. The van der Waals surface area contributed by atoms with Crippen LogP contribution in [0.4, 0.5) is 0 Å². The lowest BCUT2D eigenvalue weighted by Gasteiger charge is -2.12. The average Bonchev–Trinajstić information content (AvgIpc) is 2.51. The maximum absolute atomic E-state index is 4.25. The molecule has 3 heteroatoms. The molecule has 0 bridgehead atoms. The van der Waals surface area contributed by atoms with Crippen LogP contribution >= 0.6 is 0 Å². The number of rotatable bonds is 4. The molecule has 2 rings (SSSR count). The first-order valence-corrected chi connectivity index (χ1v) is 7.23. The molecule has 0 aliphatic carbocycles. The molecule has 2 N–H and O–H groups in total. The van der Waals surface area contributed by atoms with Gasteiger partial charge in [-0.15, -0.1) is 0 Å². The van der Waals surface area contributed by atoms with Crippen LogP contribution in [-0.4, -0.2) is 13.0 Å². The molecular formula is C18H23N3. The van der Waals surface area contributed by atoms with Crippen molar-refractivity contribution in [2.24, 2.45) is 4.99 Å². The lowest BCUT2D eigenvalue weighted by atomic mass is 10.1. The molecule has 0 fully saturated rings. The van der Waals surface area contributed by atoms with Gasteiger partial charge in [-0.1, -0.05) is 59.7 Å². The average molecular weight is 281 g/mol. The summed E-state index contributed by atoms with van der Waals surface area (Å²) in [6.45, 7) is 5.74. The minimum absolute atomic E-state index is 0.772. The first kappa shape index (κ1) is 15.1. The maximum Gasteiger partial charge on any atom is 0.191 e. The van der Waals surface area contributed by atoms with Crippen molar-refractivity contribution >= 4 is 5.96 Å². The van der Waals surface area contributed by atoms with E-state index in [1.165, 1.54) is 22.3 Å². The lowest BCUT2D eigenvalue weighted by Crippen LogP contribution is -2.36. The molecule has 0 aromatic heterocycles. The van der Waals surface area contributed by atoms with Crippen LogP contribution in [0, 0.1) is 13.8 Å². The molecule has 0 spiro atoms. The molecule has 0 atom stereocenters. The van der Waals surface area contributed by atoms with Crippen LogP contribution in [-0.2, 0) is 13.1 Å². The van der Waals surface area contributed by atoms with E-state index in [0.29, 0.717) is 0 Å². The van der Waals surface area contributed by atoms with Crippen molar-refractivity contribution in [1.82, 2.24) is 10.6 Å². The summed E-state index contributed by atoms with van der Waals surface area (Å²) in [7, 11) is 1.79. The van der Waals surface area contributed by atoms with Crippen LogP contribution in [0.1, 0.15) is 22.3 Å². The SMILES string of the molecule is CN=C(NCc1ccc(C)cc1)NCc1ccc(C)cc1. The number of hydrogen-bond acceptors (Lipinski definition) is 1. The van der Waals surface area contributed by atoms with Crippen molar-refractivity contribution in [1.29, 1.82) is 0 Å². The van der Waals surface area contributed by atoms with Crippen molar-refractivity contribution < 1.29 is 0 Å². The summed E-state index contributed by atoms with van der Waals surface area (Å²) < 4.78 is 0. The zero-order valence-electron chi connectivity index (χ0n) is 13.0. The highest BCUT2D eigenvalue weighted by molar-refractivity contribution is 5.79. The second-order valence-electron chi connectivity index (χ2n) is 5.25. The van der Waals surface area contributed by atoms with Crippen LogP contribution in [0.15, 0.2) is 53.5 Å². The zero-order chi connectivity index (χ0) is 15.1. The van der Waals surface area contributed by atoms with Crippen LogP contribution in [0.2, 0.25) is 0 Å². The number of hydrogen-bond donors (Lipinski definition) is 2. The van der Waals surface area contributed by atoms with E-state index in [1.54, 1.807) is 7.05 Å². The Kier molecular flexibility index (Phi) is 5.38. The first-order valence-electron chi connectivity index (χ1n) is 7.23. The molecule has 0 radical (unpaired) electrons. The Labute approximate surface area is 127 Å². The Morgan fingerprint density at radius 2 is 1.14 bits per heavy atom. The van der Waals surface area contributed by atoms with Gasteiger partial charge in [0, 0.05) is 20.1 Å². The molecule has 0 aliphatic heterocycles. The van der Waals surface area contributed by atoms with Gasteiger partial charge in [0.05, 0.1) is 0 Å². The van der Waals surface area contributed by atoms with Crippen molar-refractivity contribution in [3.05, 3.63) is 70.8 Å². The monoisotopic (exact) mass is 281 g/mol. The first-order chi connectivity index (χ1) is 10.2. The van der Waals surface area contributed by atoms with Crippen molar-refractivity contribution in [2.45, 2.75) is 26.9 Å². The highest BCUT2D eigenvalue weighted by atomic mass is 15.2. The third kappa shape index (κ3) is 4.95. The van der Waals surface area contributed by atoms with Gasteiger partial charge >= 0.3 is 0 Å². The van der Waals surface area contributed by atoms with Crippen molar-refractivity contribution in [3.8, 4) is 0 Å². The largest absolute Gasteiger partial charge is 0.352 e. The highest BCUT2D eigenvalue weighted by Crippen LogP contribution is 2.03. The van der Waals surface area contributed by atoms with E-state index in [-0.39, 0.29) is 0 Å². The van der Waals surface area contributed by atoms with Crippen LogP contribution in [0.3, 0.4) is 0 Å². The Morgan fingerprint density at radius 3 is 1.48 bits per heavy atom. The number of nitrogens with one attached hydrogen (secondary N) is 2. The fourth-order valence-electron chi connectivity index (χ4n) is 2.00. The standard InChI is InChI=1S/C18H23N3/c1-14-4-8-16(9-5-14)12-20-18(19-3)21-13-17-10-6-15(2)7-11-17/h4-11H,12-13H2,1-3H3,(H2,19,20,21). The van der Waals surface area contributed by atoms with Crippen molar-refractivity contribution in [3.63, 3.8) is 0 Å². The van der Waals surface area contributed by atoms with Gasteiger partial charge in [-0.25, -0.2) is 0 Å². The molecule has 0 aliphatic rings. The maximum atomic E-state index is 4.25. The van der Waals surface area contributed by atoms with Gasteiger partial charge in [-0.05, 0) is 25.0 Å². The van der Waals surface area contributed by atoms with Crippen LogP contribution in [0.25, 0.3) is 0 Å². The van der Waals surface area contributed by atoms with Gasteiger partial charge < -0.3 is 10.6 Å². The molecular weight excluding hydrogens is 258 g/mol. The number of guanidine groups is 1. The van der Waals surface area contributed by atoms with Gasteiger partial charge in [-0.3, -0.25) is 4.99 Å². The summed E-state index contributed by atoms with van der Waals surface area (Å²) in [4.78, 5) is 4.25. The van der Waals surface area contributed by atoms with E-state index < -0.39 is 0 Å². The van der Waals surface area contributed by atoms with E-state index in [9.17, 15) is 0 Å². The van der Waals surface area contributed by atoms with Gasteiger partial charge in [0.15, 0.2) is 5.96 Å². The van der Waals surface area contributed by atoms with Crippen molar-refractivity contribution in [2.75, 3.05) is 7.05 Å². The summed E-state index contributed by atoms with van der Waals surface area (Å²) in [6.07, 6.45) is 0. The molecule has 3 nitrogen and oxygen atoms in total. The number of aryl methyl sites for hydroxylation is 2. The summed E-state index contributed by atoms with van der Waals surface area (Å²) in [5.41, 5.74) is 5.05. The predicted octanol–water partition coefficient (Wildman–Crippen LogP) is 3.17. The third-order valence-corrected chi connectivity index (χ3v) is 3.38. The number of benzene rings is 2. The Morgan fingerprint density at radius 1 is 0.762 bits per heavy atom.